The zero-order valence-corrected chi connectivity index (χ0v) is 14.2. The summed E-state index contributed by atoms with van der Waals surface area (Å²) in [5, 5.41) is 14.8. The third kappa shape index (κ3) is 4.29. The van der Waals surface area contributed by atoms with Crippen LogP contribution < -0.4 is 20.1 Å². The number of ether oxygens (including phenoxy) is 2. The maximum absolute atomic E-state index is 11.6. The van der Waals surface area contributed by atoms with Crippen molar-refractivity contribution in [1.82, 2.24) is 0 Å². The van der Waals surface area contributed by atoms with Gasteiger partial charge in [-0.1, -0.05) is 12.1 Å². The molecule has 2 aromatic carbocycles. The highest BCUT2D eigenvalue weighted by molar-refractivity contribution is 5.92. The Bertz CT molecular complexity index is 725. The van der Waals surface area contributed by atoms with Gasteiger partial charge in [-0.05, 0) is 29.8 Å². The molecule has 1 aliphatic heterocycles. The Morgan fingerprint density at radius 1 is 1.20 bits per heavy atom. The molecule has 0 unspecified atom stereocenters. The van der Waals surface area contributed by atoms with Crippen LogP contribution in [0.25, 0.3) is 0 Å². The molecule has 6 nitrogen and oxygen atoms in total. The maximum Gasteiger partial charge on any atom is 0.140 e. The van der Waals surface area contributed by atoms with E-state index in [0.29, 0.717) is 19.8 Å². The second-order valence-electron chi connectivity index (χ2n) is 5.97. The third-order valence-corrected chi connectivity index (χ3v) is 4.37. The van der Waals surface area contributed by atoms with Gasteiger partial charge in [0.25, 0.3) is 0 Å². The number of carbonyl (C=O) groups is 1. The summed E-state index contributed by atoms with van der Waals surface area (Å²) >= 11 is 0. The van der Waals surface area contributed by atoms with Crippen LogP contribution in [0.4, 0.5) is 11.4 Å². The second kappa shape index (κ2) is 8.00. The maximum atomic E-state index is 11.6. The first kappa shape index (κ1) is 17.3. The number of nitrogens with one attached hydrogen (secondary N) is 2. The Balaban J connectivity index is 1.73. The van der Waals surface area contributed by atoms with Crippen LogP contribution in [0.1, 0.15) is 15.9 Å². The number of carboxylic acid groups (broad SMARTS) is 1. The fourth-order valence-electron chi connectivity index (χ4n) is 2.97. The van der Waals surface area contributed by atoms with Crippen LogP contribution in [0.2, 0.25) is 0 Å². The van der Waals surface area contributed by atoms with Gasteiger partial charge in [-0.15, -0.1) is 0 Å². The average molecular weight is 342 g/mol. The van der Waals surface area contributed by atoms with Gasteiger partial charge < -0.3 is 24.7 Å². The van der Waals surface area contributed by atoms with E-state index in [1.165, 1.54) is 0 Å². The molecule has 0 spiro atoms. The summed E-state index contributed by atoms with van der Waals surface area (Å²) in [5.41, 5.74) is 2.83. The fourth-order valence-corrected chi connectivity index (χ4v) is 2.97. The minimum atomic E-state index is -1.15. The topological polar surface area (TPSA) is 75.1 Å². The summed E-state index contributed by atoms with van der Waals surface area (Å²) in [6.45, 7) is 3.40. The molecule has 2 aromatic rings. The van der Waals surface area contributed by atoms with Crippen LogP contribution in [0.15, 0.2) is 42.5 Å². The van der Waals surface area contributed by atoms with Gasteiger partial charge in [0.2, 0.25) is 0 Å². The Morgan fingerprint density at radius 2 is 1.92 bits per heavy atom. The molecule has 2 N–H and O–H groups in total. The van der Waals surface area contributed by atoms with Gasteiger partial charge >= 0.3 is 0 Å². The van der Waals surface area contributed by atoms with Crippen molar-refractivity contribution in [3.8, 4) is 5.75 Å². The van der Waals surface area contributed by atoms with Gasteiger partial charge in [-0.25, -0.2) is 0 Å². The van der Waals surface area contributed by atoms with Gasteiger partial charge in [0.05, 0.1) is 31.9 Å². The molecule has 0 aromatic heterocycles. The number of benzene rings is 2. The van der Waals surface area contributed by atoms with Crippen molar-refractivity contribution in [2.24, 2.45) is 0 Å². The molecule has 0 radical (unpaired) electrons. The Labute approximate surface area is 147 Å². The van der Waals surface area contributed by atoms with Crippen LogP contribution >= 0.6 is 0 Å². The fraction of sp³-hybridized carbons (Fsp3) is 0.316. The summed E-state index contributed by atoms with van der Waals surface area (Å²) in [4.78, 5) is 12.7. The minimum absolute atomic E-state index is 0.233. The van der Waals surface area contributed by atoms with Crippen LogP contribution in [0.5, 0.6) is 5.75 Å². The first-order valence-corrected chi connectivity index (χ1v) is 8.32. The van der Waals surface area contributed by atoms with Crippen LogP contribution in [-0.2, 0) is 11.3 Å². The molecule has 132 valence electrons. The highest BCUT2D eigenvalue weighted by atomic mass is 16.5. The molecule has 1 saturated heterocycles. The number of aromatic carboxylic acids is 1. The van der Waals surface area contributed by atoms with E-state index >= 15 is 0 Å². The molecule has 1 aliphatic rings. The summed E-state index contributed by atoms with van der Waals surface area (Å²) in [6.07, 6.45) is 0. The van der Waals surface area contributed by atoms with Crippen molar-refractivity contribution in [1.29, 1.82) is 0 Å². The number of rotatable bonds is 6. The predicted molar refractivity (Wildman–Crippen MR) is 92.3 cm³/mol. The monoisotopic (exact) mass is 342 g/mol. The van der Waals surface area contributed by atoms with Gasteiger partial charge in [0.15, 0.2) is 0 Å². The van der Waals surface area contributed by atoms with Gasteiger partial charge in [0, 0.05) is 18.3 Å². The van der Waals surface area contributed by atoms with Crippen molar-refractivity contribution in [2.45, 2.75) is 6.54 Å². The Hall–Kier alpha value is -2.57. The number of carbonyl (C=O) groups excluding carboxylic acids is 1. The summed E-state index contributed by atoms with van der Waals surface area (Å²) < 4.78 is 10.5. The molecule has 0 aliphatic carbocycles. The minimum Gasteiger partial charge on any atom is -0.545 e. The lowest BCUT2D eigenvalue weighted by Gasteiger charge is -2.25. The van der Waals surface area contributed by atoms with Gasteiger partial charge in [-0.2, -0.15) is 0 Å². The van der Waals surface area contributed by atoms with E-state index in [2.05, 4.69) is 5.32 Å². The molecule has 1 fully saturated rings. The van der Waals surface area contributed by atoms with Crippen LogP contribution in [-0.4, -0.2) is 39.4 Å². The third-order valence-electron chi connectivity index (χ3n) is 4.37. The smallest absolute Gasteiger partial charge is 0.140 e. The average Bonchev–Trinajstić information content (AvgIpc) is 2.67. The lowest BCUT2D eigenvalue weighted by molar-refractivity contribution is -0.842. The number of methoxy groups -OCH3 is 1. The zero-order valence-electron chi connectivity index (χ0n) is 14.2. The van der Waals surface area contributed by atoms with Crippen molar-refractivity contribution in [2.75, 3.05) is 38.7 Å². The highest BCUT2D eigenvalue weighted by Crippen LogP contribution is 2.19. The molecule has 0 atom stereocenters. The summed E-state index contributed by atoms with van der Waals surface area (Å²) in [5.74, 6) is -0.345. The lowest BCUT2D eigenvalue weighted by atomic mass is 10.1. The standard InChI is InChI=1S/C19H22N2O4/c1-24-16-5-2-14(3-6-16)13-20-15-4-7-18(17(12-15)19(22)23)21-8-10-25-11-9-21/h2-7,12,20H,8-11,13H2,1H3,(H,22,23). The number of morpholine rings is 1. The largest absolute Gasteiger partial charge is 0.545 e. The Kier molecular flexibility index (Phi) is 5.53. The Morgan fingerprint density at radius 3 is 2.56 bits per heavy atom. The number of hydrogen-bond donors (Lipinski definition) is 2. The predicted octanol–water partition coefficient (Wildman–Crippen LogP) is 0.217. The lowest BCUT2D eigenvalue weighted by Crippen LogP contribution is -3.09. The molecule has 0 amide bonds. The van der Waals surface area contributed by atoms with Crippen molar-refractivity contribution in [3.05, 3.63) is 53.6 Å². The van der Waals surface area contributed by atoms with Crippen LogP contribution in [0, 0.1) is 0 Å². The molecule has 0 saturated carbocycles. The molecular weight excluding hydrogens is 320 g/mol. The van der Waals surface area contributed by atoms with E-state index in [1.54, 1.807) is 13.2 Å². The van der Waals surface area contributed by atoms with Crippen molar-refractivity contribution in [3.63, 3.8) is 0 Å². The number of hydrogen-bond acceptors (Lipinski definition) is 5. The van der Waals surface area contributed by atoms with Crippen molar-refractivity contribution >= 4 is 17.3 Å². The SMILES string of the molecule is COc1ccc(CNc2ccc([NH+]3CCOCC3)c(C(=O)[O-])c2)cc1. The number of anilines is 1. The van der Waals surface area contributed by atoms with E-state index in [0.717, 1.165) is 40.7 Å². The van der Waals surface area contributed by atoms with Crippen molar-refractivity contribution < 1.29 is 24.3 Å². The van der Waals surface area contributed by atoms with Crippen LogP contribution in [0.3, 0.4) is 0 Å². The molecular formula is C19H22N2O4. The quantitative estimate of drug-likeness (QED) is 0.785. The van der Waals surface area contributed by atoms with Gasteiger partial charge in [-0.3, -0.25) is 4.90 Å². The summed E-state index contributed by atoms with van der Waals surface area (Å²) in [6, 6.07) is 13.2. The normalized spacial score (nSPS) is 14.9. The van der Waals surface area contributed by atoms with E-state index in [1.807, 2.05) is 36.4 Å². The number of carboxylic acids is 1. The molecule has 25 heavy (non-hydrogen) atoms. The molecule has 0 bridgehead atoms. The first-order valence-electron chi connectivity index (χ1n) is 8.32. The summed E-state index contributed by atoms with van der Waals surface area (Å²) in [7, 11) is 1.63. The number of quaternary nitrogens is 1. The van der Waals surface area contributed by atoms with E-state index < -0.39 is 5.97 Å². The molecule has 6 heteroatoms. The molecule has 3 rings (SSSR count). The molecule has 1 heterocycles. The van der Waals surface area contributed by atoms with E-state index in [-0.39, 0.29) is 5.56 Å². The zero-order chi connectivity index (χ0) is 17.6. The first-order chi connectivity index (χ1) is 12.2. The second-order valence-corrected chi connectivity index (χ2v) is 5.97. The van der Waals surface area contributed by atoms with E-state index in [9.17, 15) is 9.90 Å². The highest BCUT2D eigenvalue weighted by Gasteiger charge is 2.20. The van der Waals surface area contributed by atoms with Gasteiger partial charge in [0.1, 0.15) is 24.5 Å². The van der Waals surface area contributed by atoms with E-state index in [4.69, 9.17) is 9.47 Å².